The molecular formula is C8H4BrF6N. The van der Waals surface area contributed by atoms with E-state index in [-0.39, 0.29) is 0 Å². The van der Waals surface area contributed by atoms with Crippen LogP contribution in [0.3, 0.4) is 0 Å². The lowest BCUT2D eigenvalue weighted by molar-refractivity contribution is -0.162. The lowest BCUT2D eigenvalue weighted by Gasteiger charge is -2.17. The van der Waals surface area contributed by atoms with Crippen LogP contribution in [0.1, 0.15) is 16.8 Å². The Labute approximate surface area is 94.6 Å². The average Bonchev–Trinajstić information content (AvgIpc) is 2.13. The number of aromatic nitrogens is 1. The molecule has 0 atom stereocenters. The fraction of sp³-hybridized carbons (Fsp3) is 0.375. The number of pyridine rings is 1. The minimum atomic E-state index is -5.08. The molecule has 0 radical (unpaired) electrons. The lowest BCUT2D eigenvalue weighted by Crippen LogP contribution is -2.19. The zero-order valence-electron chi connectivity index (χ0n) is 7.45. The lowest BCUT2D eigenvalue weighted by atomic mass is 10.1. The highest BCUT2D eigenvalue weighted by Gasteiger charge is 2.44. The molecule has 1 nitrogen and oxygen atoms in total. The molecule has 0 bridgehead atoms. The van der Waals surface area contributed by atoms with E-state index in [0.717, 1.165) is 0 Å². The van der Waals surface area contributed by atoms with Crippen LogP contribution in [-0.4, -0.2) is 4.98 Å². The second-order valence-electron chi connectivity index (χ2n) is 2.81. The van der Waals surface area contributed by atoms with Crippen molar-refractivity contribution in [1.82, 2.24) is 4.98 Å². The third-order valence-corrected chi connectivity index (χ3v) is 2.28. The monoisotopic (exact) mass is 307 g/mol. The Balaban J connectivity index is 3.51. The van der Waals surface area contributed by atoms with E-state index >= 15 is 0 Å². The first-order valence-electron chi connectivity index (χ1n) is 3.86. The minimum absolute atomic E-state index is 0.314. The van der Waals surface area contributed by atoms with Gasteiger partial charge in [0.15, 0.2) is 0 Å². The summed E-state index contributed by atoms with van der Waals surface area (Å²) in [6.07, 6.45) is -9.43. The Morgan fingerprint density at radius 3 is 2.00 bits per heavy atom. The SMILES string of the molecule is FC(F)(F)c1ccnc(CBr)c1C(F)(F)F. The highest BCUT2D eigenvalue weighted by molar-refractivity contribution is 9.08. The Hall–Kier alpha value is -0.790. The Bertz CT molecular complexity index is 383. The Morgan fingerprint density at radius 2 is 1.62 bits per heavy atom. The van der Waals surface area contributed by atoms with Crippen molar-refractivity contribution < 1.29 is 26.3 Å². The first-order valence-corrected chi connectivity index (χ1v) is 4.98. The van der Waals surface area contributed by atoms with Crippen LogP contribution in [0, 0.1) is 0 Å². The number of hydrogen-bond acceptors (Lipinski definition) is 1. The summed E-state index contributed by atoms with van der Waals surface area (Å²) in [7, 11) is 0. The molecule has 0 amide bonds. The maximum atomic E-state index is 12.5. The van der Waals surface area contributed by atoms with E-state index in [0.29, 0.717) is 12.3 Å². The summed E-state index contributed by atoms with van der Waals surface area (Å²) in [5.74, 6) is 0. The Morgan fingerprint density at radius 1 is 1.06 bits per heavy atom. The molecule has 8 heteroatoms. The van der Waals surface area contributed by atoms with Gasteiger partial charge in [0.05, 0.1) is 16.8 Å². The largest absolute Gasteiger partial charge is 0.418 e. The van der Waals surface area contributed by atoms with Crippen molar-refractivity contribution in [3.63, 3.8) is 0 Å². The molecular weight excluding hydrogens is 304 g/mol. The zero-order valence-corrected chi connectivity index (χ0v) is 9.04. The first-order chi connectivity index (χ1) is 7.18. The molecule has 0 aliphatic heterocycles. The van der Waals surface area contributed by atoms with Crippen LogP contribution in [0.4, 0.5) is 26.3 Å². The summed E-state index contributed by atoms with van der Waals surface area (Å²) >= 11 is 2.67. The summed E-state index contributed by atoms with van der Waals surface area (Å²) < 4.78 is 74.5. The van der Waals surface area contributed by atoms with Crippen LogP contribution in [0.15, 0.2) is 12.3 Å². The summed E-state index contributed by atoms with van der Waals surface area (Å²) in [5, 5.41) is -0.397. The smallest absolute Gasteiger partial charge is 0.260 e. The molecule has 0 saturated carbocycles. The molecule has 0 fully saturated rings. The second-order valence-corrected chi connectivity index (χ2v) is 3.37. The van der Waals surface area contributed by atoms with E-state index in [1.54, 1.807) is 0 Å². The standard InChI is InChI=1S/C8H4BrF6N/c9-3-5-6(8(13,14)15)4(1-2-16-5)7(10,11)12/h1-2H,3H2. The number of alkyl halides is 7. The predicted molar refractivity (Wildman–Crippen MR) is 46.9 cm³/mol. The number of rotatable bonds is 1. The van der Waals surface area contributed by atoms with Gasteiger partial charge in [-0.05, 0) is 6.07 Å². The zero-order chi connectivity index (χ0) is 12.6. The van der Waals surface area contributed by atoms with Crippen molar-refractivity contribution in [2.45, 2.75) is 17.7 Å². The van der Waals surface area contributed by atoms with E-state index in [9.17, 15) is 26.3 Å². The molecule has 0 aliphatic rings. The van der Waals surface area contributed by atoms with Crippen LogP contribution in [0.25, 0.3) is 0 Å². The maximum Gasteiger partial charge on any atom is 0.418 e. The molecule has 16 heavy (non-hydrogen) atoms. The van der Waals surface area contributed by atoms with Crippen LogP contribution in [0.2, 0.25) is 0 Å². The highest BCUT2D eigenvalue weighted by Crippen LogP contribution is 2.41. The van der Waals surface area contributed by atoms with Crippen molar-refractivity contribution in [1.29, 1.82) is 0 Å². The second kappa shape index (κ2) is 4.23. The van der Waals surface area contributed by atoms with Crippen molar-refractivity contribution >= 4 is 15.9 Å². The normalized spacial score (nSPS) is 12.9. The van der Waals surface area contributed by atoms with Crippen molar-refractivity contribution in [2.24, 2.45) is 0 Å². The van der Waals surface area contributed by atoms with Crippen molar-refractivity contribution in [3.05, 3.63) is 29.1 Å². The van der Waals surface area contributed by atoms with Gasteiger partial charge >= 0.3 is 12.4 Å². The van der Waals surface area contributed by atoms with Gasteiger partial charge in [-0.15, -0.1) is 0 Å². The van der Waals surface area contributed by atoms with Gasteiger partial charge in [-0.25, -0.2) is 0 Å². The average molecular weight is 308 g/mol. The molecule has 0 unspecified atom stereocenters. The topological polar surface area (TPSA) is 12.9 Å². The van der Waals surface area contributed by atoms with Gasteiger partial charge in [0.1, 0.15) is 0 Å². The van der Waals surface area contributed by atoms with Gasteiger partial charge in [0, 0.05) is 11.5 Å². The van der Waals surface area contributed by atoms with Gasteiger partial charge in [-0.2, -0.15) is 26.3 Å². The van der Waals surface area contributed by atoms with Crippen LogP contribution < -0.4 is 0 Å². The first kappa shape index (κ1) is 13.3. The Kier molecular flexibility index (Phi) is 3.51. The summed E-state index contributed by atoms with van der Waals surface area (Å²) in [4.78, 5) is 3.27. The van der Waals surface area contributed by atoms with E-state index < -0.39 is 34.5 Å². The molecule has 1 heterocycles. The molecule has 1 aromatic rings. The minimum Gasteiger partial charge on any atom is -0.260 e. The van der Waals surface area contributed by atoms with E-state index in [4.69, 9.17) is 0 Å². The molecule has 0 saturated heterocycles. The maximum absolute atomic E-state index is 12.5. The quantitative estimate of drug-likeness (QED) is 0.564. The van der Waals surface area contributed by atoms with Gasteiger partial charge in [-0.1, -0.05) is 15.9 Å². The molecule has 1 aromatic heterocycles. The molecule has 0 aliphatic carbocycles. The number of nitrogens with zero attached hydrogens (tertiary/aromatic N) is 1. The molecule has 0 N–H and O–H groups in total. The summed E-state index contributed by atoms with van der Waals surface area (Å²) in [5.41, 5.74) is -4.13. The molecule has 1 rings (SSSR count). The van der Waals surface area contributed by atoms with E-state index in [1.807, 2.05) is 0 Å². The van der Waals surface area contributed by atoms with Crippen LogP contribution in [0.5, 0.6) is 0 Å². The van der Waals surface area contributed by atoms with Crippen LogP contribution in [-0.2, 0) is 17.7 Å². The van der Waals surface area contributed by atoms with Crippen molar-refractivity contribution in [2.75, 3.05) is 0 Å². The number of hydrogen-bond donors (Lipinski definition) is 0. The van der Waals surface area contributed by atoms with Gasteiger partial charge < -0.3 is 0 Å². The molecule has 90 valence electrons. The fourth-order valence-corrected chi connectivity index (χ4v) is 1.58. The molecule has 0 spiro atoms. The summed E-state index contributed by atoms with van der Waals surface area (Å²) in [6, 6.07) is 0.314. The molecule has 0 aromatic carbocycles. The van der Waals surface area contributed by atoms with E-state index in [1.165, 1.54) is 0 Å². The predicted octanol–water partition coefficient (Wildman–Crippen LogP) is 4.01. The third kappa shape index (κ3) is 2.66. The van der Waals surface area contributed by atoms with Gasteiger partial charge in [0.2, 0.25) is 0 Å². The summed E-state index contributed by atoms with van der Waals surface area (Å²) in [6.45, 7) is 0. The van der Waals surface area contributed by atoms with Crippen molar-refractivity contribution in [3.8, 4) is 0 Å². The van der Waals surface area contributed by atoms with Gasteiger partial charge in [-0.3, -0.25) is 4.98 Å². The number of halogens is 7. The third-order valence-electron chi connectivity index (χ3n) is 1.74. The highest BCUT2D eigenvalue weighted by atomic mass is 79.9. The fourth-order valence-electron chi connectivity index (χ4n) is 1.16. The van der Waals surface area contributed by atoms with Crippen LogP contribution >= 0.6 is 15.9 Å². The van der Waals surface area contributed by atoms with E-state index in [2.05, 4.69) is 20.9 Å². The van der Waals surface area contributed by atoms with Gasteiger partial charge in [0.25, 0.3) is 0 Å².